The summed E-state index contributed by atoms with van der Waals surface area (Å²) in [5, 5.41) is 8.32. The molecule has 0 amide bonds. The molecule has 7 nitrogen and oxygen atoms in total. The number of carbonyl (C=O) groups excluding carboxylic acids is 1. The maximum absolute atomic E-state index is 10.9. The van der Waals surface area contributed by atoms with E-state index in [4.69, 9.17) is 15.4 Å². The van der Waals surface area contributed by atoms with Crippen molar-refractivity contribution in [3.8, 4) is 0 Å². The fourth-order valence-electron chi connectivity index (χ4n) is 1.22. The standard InChI is InChI=1S/C7H15NO3.C7H8O3S/c1-5(2)6(8)7(10)11-4-3-9;1-6-2-4-7(5-3-6)11(8,9)10/h5-6,9H,3-4,8H2,1-2H3;2-5H,1H3,(H,8,9,10)/t6-;/m0./s1. The maximum atomic E-state index is 10.9. The molecule has 126 valence electrons. The van der Waals surface area contributed by atoms with Crippen molar-refractivity contribution in [3.63, 3.8) is 0 Å². The van der Waals surface area contributed by atoms with Gasteiger partial charge in [-0.05, 0) is 25.0 Å². The molecular formula is C14H23NO6S. The monoisotopic (exact) mass is 333 g/mol. The van der Waals surface area contributed by atoms with Gasteiger partial charge < -0.3 is 15.6 Å². The number of aliphatic hydroxyl groups excluding tert-OH is 1. The zero-order valence-electron chi connectivity index (χ0n) is 12.9. The fraction of sp³-hybridized carbons (Fsp3) is 0.500. The van der Waals surface area contributed by atoms with Crippen molar-refractivity contribution in [1.82, 2.24) is 0 Å². The van der Waals surface area contributed by atoms with Crippen molar-refractivity contribution < 1.29 is 27.6 Å². The van der Waals surface area contributed by atoms with E-state index >= 15 is 0 Å². The lowest BCUT2D eigenvalue weighted by atomic mass is 10.1. The predicted molar refractivity (Wildman–Crippen MR) is 81.9 cm³/mol. The molecule has 22 heavy (non-hydrogen) atoms. The zero-order valence-corrected chi connectivity index (χ0v) is 13.7. The maximum Gasteiger partial charge on any atom is 0.323 e. The third-order valence-corrected chi connectivity index (χ3v) is 3.51. The van der Waals surface area contributed by atoms with E-state index in [1.807, 2.05) is 20.8 Å². The molecule has 0 radical (unpaired) electrons. The van der Waals surface area contributed by atoms with Crippen LogP contribution < -0.4 is 5.73 Å². The Bertz CT molecular complexity index is 553. The Morgan fingerprint density at radius 1 is 1.27 bits per heavy atom. The topological polar surface area (TPSA) is 127 Å². The second kappa shape index (κ2) is 9.52. The lowest BCUT2D eigenvalue weighted by molar-refractivity contribution is -0.147. The molecule has 0 aliphatic rings. The molecule has 0 unspecified atom stereocenters. The minimum absolute atomic E-state index is 0.0270. The molecule has 0 aliphatic carbocycles. The summed E-state index contributed by atoms with van der Waals surface area (Å²) in [6.07, 6.45) is 0. The Kier molecular flexibility index (Phi) is 8.88. The minimum atomic E-state index is -4.02. The van der Waals surface area contributed by atoms with Gasteiger partial charge in [-0.1, -0.05) is 31.5 Å². The molecule has 4 N–H and O–H groups in total. The number of esters is 1. The van der Waals surface area contributed by atoms with Gasteiger partial charge in [-0.3, -0.25) is 9.35 Å². The van der Waals surface area contributed by atoms with E-state index in [1.54, 1.807) is 12.1 Å². The predicted octanol–water partition coefficient (Wildman–Crippen LogP) is 0.747. The summed E-state index contributed by atoms with van der Waals surface area (Å²) in [7, 11) is -4.02. The number of hydrogen-bond donors (Lipinski definition) is 3. The lowest BCUT2D eigenvalue weighted by Crippen LogP contribution is -2.37. The highest BCUT2D eigenvalue weighted by atomic mass is 32.2. The number of rotatable bonds is 5. The summed E-state index contributed by atoms with van der Waals surface area (Å²) in [4.78, 5) is 10.8. The Morgan fingerprint density at radius 2 is 1.77 bits per heavy atom. The van der Waals surface area contributed by atoms with Crippen LogP contribution in [-0.4, -0.2) is 43.3 Å². The van der Waals surface area contributed by atoms with Gasteiger partial charge in [0.05, 0.1) is 11.5 Å². The van der Waals surface area contributed by atoms with Gasteiger partial charge in [0, 0.05) is 0 Å². The Balaban J connectivity index is 0.000000401. The first-order valence-corrected chi connectivity index (χ1v) is 8.10. The van der Waals surface area contributed by atoms with Crippen LogP contribution in [0.3, 0.4) is 0 Å². The summed E-state index contributed by atoms with van der Waals surface area (Å²) in [5.41, 5.74) is 6.40. The molecule has 0 bridgehead atoms. The summed E-state index contributed by atoms with van der Waals surface area (Å²) < 4.78 is 34.2. The Hall–Kier alpha value is -1.48. The number of aryl methyl sites for hydroxylation is 1. The minimum Gasteiger partial charge on any atom is -0.462 e. The molecule has 0 spiro atoms. The van der Waals surface area contributed by atoms with E-state index < -0.39 is 22.1 Å². The van der Waals surface area contributed by atoms with E-state index in [-0.39, 0.29) is 24.0 Å². The number of ether oxygens (including phenoxy) is 1. The van der Waals surface area contributed by atoms with Crippen LogP contribution in [0.15, 0.2) is 29.2 Å². The van der Waals surface area contributed by atoms with Gasteiger partial charge in [0.15, 0.2) is 0 Å². The third kappa shape index (κ3) is 8.08. The zero-order chi connectivity index (χ0) is 17.3. The number of benzene rings is 1. The molecule has 8 heteroatoms. The van der Waals surface area contributed by atoms with Crippen LogP contribution in [0, 0.1) is 12.8 Å². The van der Waals surface area contributed by atoms with Gasteiger partial charge in [0.2, 0.25) is 0 Å². The van der Waals surface area contributed by atoms with E-state index in [2.05, 4.69) is 4.74 Å². The van der Waals surface area contributed by atoms with Crippen molar-refractivity contribution >= 4 is 16.1 Å². The van der Waals surface area contributed by atoms with Crippen molar-refractivity contribution in [3.05, 3.63) is 29.8 Å². The Labute approximate surface area is 130 Å². The number of nitrogens with two attached hydrogens (primary N) is 1. The summed E-state index contributed by atoms with van der Waals surface area (Å²) in [6, 6.07) is 5.41. The van der Waals surface area contributed by atoms with E-state index in [0.717, 1.165) is 5.56 Å². The molecular weight excluding hydrogens is 310 g/mol. The van der Waals surface area contributed by atoms with Crippen LogP contribution in [0.25, 0.3) is 0 Å². The first-order chi connectivity index (χ1) is 10.1. The van der Waals surface area contributed by atoms with Gasteiger partial charge in [0.25, 0.3) is 10.1 Å². The normalized spacial score (nSPS) is 12.3. The molecule has 1 aromatic carbocycles. The average Bonchev–Trinajstić information content (AvgIpc) is 2.44. The highest BCUT2D eigenvalue weighted by molar-refractivity contribution is 7.85. The van der Waals surface area contributed by atoms with Crippen molar-refractivity contribution in [1.29, 1.82) is 0 Å². The molecule has 0 aromatic heterocycles. The van der Waals surface area contributed by atoms with Crippen LogP contribution >= 0.6 is 0 Å². The van der Waals surface area contributed by atoms with Gasteiger partial charge in [-0.2, -0.15) is 8.42 Å². The quantitative estimate of drug-likeness (QED) is 0.536. The first-order valence-electron chi connectivity index (χ1n) is 6.66. The fourth-order valence-corrected chi connectivity index (χ4v) is 1.70. The van der Waals surface area contributed by atoms with Gasteiger partial charge in [-0.25, -0.2) is 0 Å². The Morgan fingerprint density at radius 3 is 2.14 bits per heavy atom. The third-order valence-electron chi connectivity index (χ3n) is 2.64. The van der Waals surface area contributed by atoms with E-state index in [0.29, 0.717) is 0 Å². The number of aliphatic hydroxyl groups is 1. The summed E-state index contributed by atoms with van der Waals surface area (Å²) in [6.45, 7) is 5.39. The van der Waals surface area contributed by atoms with Crippen molar-refractivity contribution in [2.45, 2.75) is 31.7 Å². The first kappa shape index (κ1) is 20.5. The van der Waals surface area contributed by atoms with Crippen molar-refractivity contribution in [2.24, 2.45) is 11.7 Å². The average molecular weight is 333 g/mol. The molecule has 0 heterocycles. The van der Waals surface area contributed by atoms with Crippen LogP contribution in [0.4, 0.5) is 0 Å². The van der Waals surface area contributed by atoms with E-state index in [9.17, 15) is 13.2 Å². The number of hydrogen-bond acceptors (Lipinski definition) is 6. The molecule has 0 fully saturated rings. The molecule has 0 saturated carbocycles. The smallest absolute Gasteiger partial charge is 0.323 e. The second-order valence-corrected chi connectivity index (χ2v) is 6.37. The van der Waals surface area contributed by atoms with E-state index in [1.165, 1.54) is 12.1 Å². The van der Waals surface area contributed by atoms with Gasteiger partial charge >= 0.3 is 5.97 Å². The molecule has 1 rings (SSSR count). The molecule has 0 aliphatic heterocycles. The van der Waals surface area contributed by atoms with Crippen LogP contribution in [0.2, 0.25) is 0 Å². The van der Waals surface area contributed by atoms with Gasteiger partial charge in [-0.15, -0.1) is 0 Å². The highest BCUT2D eigenvalue weighted by Gasteiger charge is 2.17. The van der Waals surface area contributed by atoms with Crippen LogP contribution in [0.1, 0.15) is 19.4 Å². The molecule has 1 aromatic rings. The number of carbonyl (C=O) groups is 1. The van der Waals surface area contributed by atoms with Crippen molar-refractivity contribution in [2.75, 3.05) is 13.2 Å². The highest BCUT2D eigenvalue weighted by Crippen LogP contribution is 2.08. The summed E-state index contributed by atoms with van der Waals surface area (Å²) in [5.74, 6) is -0.379. The molecule has 1 atom stereocenters. The van der Waals surface area contributed by atoms with Crippen LogP contribution in [-0.2, 0) is 19.6 Å². The second-order valence-electron chi connectivity index (χ2n) is 4.95. The summed E-state index contributed by atoms with van der Waals surface area (Å²) >= 11 is 0. The van der Waals surface area contributed by atoms with Crippen LogP contribution in [0.5, 0.6) is 0 Å². The molecule has 0 saturated heterocycles. The van der Waals surface area contributed by atoms with Gasteiger partial charge in [0.1, 0.15) is 12.6 Å². The SMILES string of the molecule is CC(C)[C@H](N)C(=O)OCCO.Cc1ccc(S(=O)(=O)O)cc1. The largest absolute Gasteiger partial charge is 0.462 e. The lowest BCUT2D eigenvalue weighted by Gasteiger charge is -2.13.